The summed E-state index contributed by atoms with van der Waals surface area (Å²) in [6.45, 7) is 4.61. The Labute approximate surface area is 177 Å². The van der Waals surface area contributed by atoms with Crippen LogP contribution in [0.4, 0.5) is 0 Å². The number of esters is 2. The van der Waals surface area contributed by atoms with Crippen molar-refractivity contribution in [2.24, 2.45) is 11.3 Å². The number of carbonyl (C=O) groups excluding carboxylic acids is 3. The molecule has 0 saturated heterocycles. The molecule has 2 aliphatic rings. The van der Waals surface area contributed by atoms with Crippen molar-refractivity contribution >= 4 is 24.8 Å². The van der Waals surface area contributed by atoms with Gasteiger partial charge in [-0.25, -0.2) is 4.79 Å². The lowest BCUT2D eigenvalue weighted by molar-refractivity contribution is -0.161. The second kappa shape index (κ2) is 9.21. The Hall–Kier alpha value is -2.35. The van der Waals surface area contributed by atoms with Gasteiger partial charge in [0.2, 0.25) is 6.79 Å². The lowest BCUT2D eigenvalue weighted by atomic mass is 9.64. The summed E-state index contributed by atoms with van der Waals surface area (Å²) in [5, 5.41) is 10.5. The first-order valence-electron chi connectivity index (χ1n) is 10.5. The number of hydrogen-bond acceptors (Lipinski definition) is 7. The molecule has 8 heteroatoms. The monoisotopic (exact) mass is 416 g/mol. The number of benzene rings is 1. The molecule has 1 aliphatic heterocycles. The maximum atomic E-state index is 12.5. The van der Waals surface area contributed by atoms with E-state index in [0.717, 1.165) is 31.2 Å². The summed E-state index contributed by atoms with van der Waals surface area (Å²) in [4.78, 5) is 36.7. The second-order valence-corrected chi connectivity index (χ2v) is 9.15. The van der Waals surface area contributed by atoms with Crippen LogP contribution in [0.5, 0.6) is 5.75 Å². The quantitative estimate of drug-likeness (QED) is 0.431. The van der Waals surface area contributed by atoms with E-state index in [9.17, 15) is 19.4 Å². The molecule has 7 nitrogen and oxygen atoms in total. The highest BCUT2D eigenvalue weighted by atomic mass is 16.7. The molecule has 0 amide bonds. The van der Waals surface area contributed by atoms with Crippen molar-refractivity contribution < 1.29 is 33.5 Å². The molecule has 0 aromatic heterocycles. The maximum absolute atomic E-state index is 12.5. The van der Waals surface area contributed by atoms with E-state index < -0.39 is 31.3 Å². The van der Waals surface area contributed by atoms with Gasteiger partial charge in [0, 0.05) is 18.2 Å². The van der Waals surface area contributed by atoms with Gasteiger partial charge in [0.25, 0.3) is 0 Å². The molecule has 1 saturated carbocycles. The summed E-state index contributed by atoms with van der Waals surface area (Å²) in [6.07, 6.45) is 4.72. The highest BCUT2D eigenvalue weighted by molar-refractivity contribution is 6.47. The molecule has 0 unspecified atom stereocenters. The smallest absolute Gasteiger partial charge is 0.526 e. The van der Waals surface area contributed by atoms with Crippen LogP contribution in [-0.4, -0.2) is 36.7 Å². The zero-order valence-electron chi connectivity index (χ0n) is 17.8. The lowest BCUT2D eigenvalue weighted by Crippen LogP contribution is -2.36. The fraction of sp³-hybridized carbons (Fsp3) is 0.591. The highest BCUT2D eigenvalue weighted by Crippen LogP contribution is 2.38. The number of ether oxygens (including phenoxy) is 2. The largest absolute Gasteiger partial charge is 0.535 e. The summed E-state index contributed by atoms with van der Waals surface area (Å²) < 4.78 is 15.7. The Morgan fingerprint density at radius 1 is 1.17 bits per heavy atom. The van der Waals surface area contributed by atoms with Gasteiger partial charge in [0.05, 0.1) is 5.41 Å². The van der Waals surface area contributed by atoms with Gasteiger partial charge in [-0.3, -0.25) is 9.59 Å². The molecule has 162 valence electrons. The maximum Gasteiger partial charge on any atom is 0.526 e. The van der Waals surface area contributed by atoms with Gasteiger partial charge in [-0.05, 0) is 51.7 Å². The Morgan fingerprint density at radius 3 is 2.53 bits per heavy atom. The molecule has 1 aromatic carbocycles. The Balaban J connectivity index is 1.63. The van der Waals surface area contributed by atoms with E-state index >= 15 is 0 Å². The number of Topliss-reactive ketones (excluding diaryl/α,β-unsaturated/α-hetero) is 1. The minimum absolute atomic E-state index is 0.0933. The molecule has 1 aliphatic carbocycles. The Bertz CT molecular complexity index is 808. The minimum atomic E-state index is -1.17. The molecule has 1 N–H and O–H groups in total. The third kappa shape index (κ3) is 5.22. The van der Waals surface area contributed by atoms with Crippen molar-refractivity contribution in [3.05, 3.63) is 29.3 Å². The van der Waals surface area contributed by atoms with Gasteiger partial charge in [-0.15, -0.1) is 0 Å². The number of fused-ring (bicyclic) bond motifs is 1. The van der Waals surface area contributed by atoms with E-state index in [1.807, 2.05) is 6.07 Å². The minimum Gasteiger partial charge on any atom is -0.535 e. The first-order chi connectivity index (χ1) is 14.2. The molecule has 1 fully saturated rings. The fourth-order valence-electron chi connectivity index (χ4n) is 3.92. The lowest BCUT2D eigenvalue weighted by Gasteiger charge is -2.28. The number of ketones is 1. The van der Waals surface area contributed by atoms with Crippen molar-refractivity contribution in [2.45, 2.75) is 65.1 Å². The van der Waals surface area contributed by atoms with Crippen molar-refractivity contribution in [1.82, 2.24) is 0 Å². The van der Waals surface area contributed by atoms with E-state index in [2.05, 4.69) is 0 Å². The van der Waals surface area contributed by atoms with Crippen LogP contribution in [0.15, 0.2) is 18.2 Å². The first kappa shape index (κ1) is 22.3. The molecule has 1 heterocycles. The summed E-state index contributed by atoms with van der Waals surface area (Å²) in [5.41, 5.74) is 0.195. The van der Waals surface area contributed by atoms with Crippen LogP contribution in [-0.2, 0) is 25.5 Å². The molecule has 3 rings (SSSR count). The molecule has 0 radical (unpaired) electrons. The summed E-state index contributed by atoms with van der Waals surface area (Å²) in [6, 6.07) is 5.04. The van der Waals surface area contributed by atoms with E-state index in [0.29, 0.717) is 6.42 Å². The van der Waals surface area contributed by atoms with Crippen molar-refractivity contribution in [2.75, 3.05) is 6.79 Å². The van der Waals surface area contributed by atoms with Crippen LogP contribution in [0.25, 0.3) is 0 Å². The van der Waals surface area contributed by atoms with Crippen LogP contribution in [0.2, 0.25) is 5.82 Å². The SMILES string of the molecule is CC(C)(C)C(=O)OCOC(=O)c1cccc2c1OB(O)[C@@H](CC(=O)C1CCCC1)C2. The van der Waals surface area contributed by atoms with Gasteiger partial charge in [0.1, 0.15) is 17.1 Å². The van der Waals surface area contributed by atoms with E-state index in [-0.39, 0.29) is 35.3 Å². The van der Waals surface area contributed by atoms with Crippen molar-refractivity contribution in [3.8, 4) is 5.75 Å². The second-order valence-electron chi connectivity index (χ2n) is 9.15. The van der Waals surface area contributed by atoms with E-state index in [1.165, 1.54) is 6.07 Å². The number of para-hydroxylation sites is 1. The third-order valence-corrected chi connectivity index (χ3v) is 5.71. The fourth-order valence-corrected chi connectivity index (χ4v) is 3.92. The predicted octanol–water partition coefficient (Wildman–Crippen LogP) is 3.33. The van der Waals surface area contributed by atoms with Crippen molar-refractivity contribution in [1.29, 1.82) is 0 Å². The molecule has 1 atom stereocenters. The van der Waals surface area contributed by atoms with Crippen LogP contribution >= 0.6 is 0 Å². The van der Waals surface area contributed by atoms with E-state index in [4.69, 9.17) is 14.1 Å². The average molecular weight is 416 g/mol. The van der Waals surface area contributed by atoms with Crippen LogP contribution < -0.4 is 4.65 Å². The van der Waals surface area contributed by atoms with E-state index in [1.54, 1.807) is 26.8 Å². The van der Waals surface area contributed by atoms with Crippen LogP contribution in [0, 0.1) is 11.3 Å². The van der Waals surface area contributed by atoms with Crippen LogP contribution in [0.1, 0.15) is 68.8 Å². The summed E-state index contributed by atoms with van der Waals surface area (Å²) >= 11 is 0. The summed E-state index contributed by atoms with van der Waals surface area (Å²) in [5.74, 6) is -1.00. The number of hydrogen-bond donors (Lipinski definition) is 1. The van der Waals surface area contributed by atoms with Crippen LogP contribution in [0.3, 0.4) is 0 Å². The zero-order chi connectivity index (χ0) is 21.9. The van der Waals surface area contributed by atoms with Gasteiger partial charge in [-0.2, -0.15) is 0 Å². The Kier molecular flexibility index (Phi) is 6.86. The van der Waals surface area contributed by atoms with Gasteiger partial charge >= 0.3 is 19.1 Å². The number of rotatable bonds is 6. The van der Waals surface area contributed by atoms with Gasteiger partial charge in [-0.1, -0.05) is 25.0 Å². The molecular formula is C22H29BO7. The molecular weight excluding hydrogens is 387 g/mol. The molecule has 0 bridgehead atoms. The third-order valence-electron chi connectivity index (χ3n) is 5.71. The topological polar surface area (TPSA) is 99.1 Å². The Morgan fingerprint density at radius 2 is 1.87 bits per heavy atom. The number of carbonyl (C=O) groups is 3. The normalized spacial score (nSPS) is 19.1. The zero-order valence-corrected chi connectivity index (χ0v) is 17.8. The summed E-state index contributed by atoms with van der Waals surface area (Å²) in [7, 11) is -1.17. The molecule has 30 heavy (non-hydrogen) atoms. The first-order valence-corrected chi connectivity index (χ1v) is 10.5. The predicted molar refractivity (Wildman–Crippen MR) is 110 cm³/mol. The average Bonchev–Trinajstić information content (AvgIpc) is 3.22. The molecule has 0 spiro atoms. The molecule has 1 aromatic rings. The van der Waals surface area contributed by atoms with Crippen molar-refractivity contribution in [3.63, 3.8) is 0 Å². The standard InChI is InChI=1S/C22H29BO7/c1-22(2,3)21(26)29-13-28-20(25)17-10-6-9-15-11-16(23(27)30-19(15)17)12-18(24)14-7-4-5-8-14/h6,9-10,14,16,27H,4-5,7-8,11-13H2,1-3H3/t16-/m1/s1. The van der Waals surface area contributed by atoms with Gasteiger partial charge in [0.15, 0.2) is 0 Å². The highest BCUT2D eigenvalue weighted by Gasteiger charge is 2.39. The van der Waals surface area contributed by atoms with Gasteiger partial charge < -0.3 is 19.2 Å².